The largest absolute Gasteiger partial charge is 0.545 e. The number of nitrogens with one attached hydrogen (secondary N) is 1. The molecule has 0 fully saturated rings. The first-order valence-corrected chi connectivity index (χ1v) is 7.42. The van der Waals surface area contributed by atoms with Gasteiger partial charge in [0.2, 0.25) is 0 Å². The number of carboxylic acid groups (broad SMARTS) is 1. The Morgan fingerprint density at radius 2 is 1.62 bits per heavy atom. The van der Waals surface area contributed by atoms with E-state index in [-0.39, 0.29) is 11.1 Å². The highest BCUT2D eigenvalue weighted by molar-refractivity contribution is 6.10. The average Bonchev–Trinajstić information content (AvgIpc) is 2.60. The molecule has 0 saturated carbocycles. The third-order valence-corrected chi connectivity index (χ3v) is 3.21. The maximum Gasteiger partial charge on any atom is 0.338 e. The molecular formula is C18H16NO5-. The Bertz CT molecular complexity index is 752. The van der Waals surface area contributed by atoms with Gasteiger partial charge in [-0.3, -0.25) is 4.79 Å². The molecule has 2 rings (SSSR count). The summed E-state index contributed by atoms with van der Waals surface area (Å²) in [6, 6.07) is 11.9. The van der Waals surface area contributed by atoms with Crippen molar-refractivity contribution in [3.63, 3.8) is 0 Å². The van der Waals surface area contributed by atoms with Crippen molar-refractivity contribution in [1.82, 2.24) is 0 Å². The molecule has 124 valence electrons. The summed E-state index contributed by atoms with van der Waals surface area (Å²) in [6.07, 6.45) is 0.734. The van der Waals surface area contributed by atoms with Crippen molar-refractivity contribution in [2.75, 3.05) is 11.9 Å². The minimum Gasteiger partial charge on any atom is -0.545 e. The molecule has 1 N–H and O–H groups in total. The maximum atomic E-state index is 12.2. The van der Waals surface area contributed by atoms with E-state index in [1.54, 1.807) is 18.2 Å². The fraction of sp³-hybridized carbons (Fsp3) is 0.167. The van der Waals surface area contributed by atoms with Crippen molar-refractivity contribution in [2.45, 2.75) is 13.3 Å². The zero-order valence-electron chi connectivity index (χ0n) is 13.1. The van der Waals surface area contributed by atoms with E-state index in [0.29, 0.717) is 17.9 Å². The minimum absolute atomic E-state index is 0.00364. The number of aromatic carboxylic acids is 1. The number of ether oxygens (including phenoxy) is 1. The van der Waals surface area contributed by atoms with Gasteiger partial charge in [-0.2, -0.15) is 0 Å². The summed E-state index contributed by atoms with van der Waals surface area (Å²) in [7, 11) is 0. The van der Waals surface area contributed by atoms with Crippen molar-refractivity contribution in [3.05, 3.63) is 65.2 Å². The Balaban J connectivity index is 2.10. The van der Waals surface area contributed by atoms with Gasteiger partial charge in [0.05, 0.1) is 18.1 Å². The van der Waals surface area contributed by atoms with Crippen molar-refractivity contribution in [3.8, 4) is 0 Å². The van der Waals surface area contributed by atoms with E-state index in [1.807, 2.05) is 6.92 Å². The van der Waals surface area contributed by atoms with E-state index in [2.05, 4.69) is 5.32 Å². The first kappa shape index (κ1) is 17.2. The quantitative estimate of drug-likeness (QED) is 0.818. The Hall–Kier alpha value is -3.15. The van der Waals surface area contributed by atoms with Gasteiger partial charge in [-0.1, -0.05) is 25.1 Å². The second-order valence-corrected chi connectivity index (χ2v) is 5.00. The number of amides is 1. The molecule has 6 nitrogen and oxygen atoms in total. The van der Waals surface area contributed by atoms with Crippen LogP contribution >= 0.6 is 0 Å². The van der Waals surface area contributed by atoms with Gasteiger partial charge in [0.25, 0.3) is 5.91 Å². The second-order valence-electron chi connectivity index (χ2n) is 5.00. The van der Waals surface area contributed by atoms with Crippen LogP contribution in [0.3, 0.4) is 0 Å². The number of carbonyl (C=O) groups excluding carboxylic acids is 3. The van der Waals surface area contributed by atoms with Crippen LogP contribution < -0.4 is 10.4 Å². The molecule has 0 atom stereocenters. The number of hydrogen-bond donors (Lipinski definition) is 1. The number of anilines is 1. The predicted octanol–water partition coefficient (Wildman–Crippen LogP) is 1.87. The van der Waals surface area contributed by atoms with Crippen LogP contribution in [0.15, 0.2) is 48.5 Å². The minimum atomic E-state index is -1.42. The average molecular weight is 326 g/mol. The lowest BCUT2D eigenvalue weighted by atomic mass is 10.1. The van der Waals surface area contributed by atoms with Crippen LogP contribution in [-0.2, 0) is 4.74 Å². The van der Waals surface area contributed by atoms with Crippen LogP contribution in [0.5, 0.6) is 0 Å². The van der Waals surface area contributed by atoms with Crippen LogP contribution in [0.4, 0.5) is 5.69 Å². The number of hydrogen-bond acceptors (Lipinski definition) is 5. The lowest BCUT2D eigenvalue weighted by Crippen LogP contribution is -2.26. The van der Waals surface area contributed by atoms with Crippen LogP contribution in [0.2, 0.25) is 0 Å². The van der Waals surface area contributed by atoms with E-state index in [9.17, 15) is 19.5 Å². The van der Waals surface area contributed by atoms with Gasteiger partial charge in [0.15, 0.2) is 0 Å². The summed E-state index contributed by atoms with van der Waals surface area (Å²) in [5, 5.41) is 13.6. The summed E-state index contributed by atoms with van der Waals surface area (Å²) < 4.78 is 5.01. The van der Waals surface area contributed by atoms with E-state index in [0.717, 1.165) is 6.42 Å². The lowest BCUT2D eigenvalue weighted by Gasteiger charge is -2.11. The summed E-state index contributed by atoms with van der Waals surface area (Å²) in [6.45, 7) is 2.24. The normalized spacial score (nSPS) is 10.0. The number of rotatable bonds is 6. The van der Waals surface area contributed by atoms with Crippen LogP contribution in [-0.4, -0.2) is 24.5 Å². The molecule has 0 aliphatic carbocycles. The molecule has 2 aromatic carbocycles. The van der Waals surface area contributed by atoms with Gasteiger partial charge in [-0.05, 0) is 36.8 Å². The van der Waals surface area contributed by atoms with E-state index >= 15 is 0 Å². The summed E-state index contributed by atoms with van der Waals surface area (Å²) in [5.74, 6) is -2.43. The molecule has 0 heterocycles. The smallest absolute Gasteiger partial charge is 0.338 e. The number of benzene rings is 2. The van der Waals surface area contributed by atoms with Crippen molar-refractivity contribution in [1.29, 1.82) is 0 Å². The molecule has 0 radical (unpaired) electrons. The molecule has 0 aliphatic heterocycles. The van der Waals surface area contributed by atoms with Crippen LogP contribution in [0, 0.1) is 0 Å². The van der Waals surface area contributed by atoms with E-state index in [1.165, 1.54) is 30.3 Å². The van der Waals surface area contributed by atoms with E-state index < -0.39 is 17.8 Å². The van der Waals surface area contributed by atoms with Crippen LogP contribution in [0.25, 0.3) is 0 Å². The molecule has 0 aliphatic rings. The highest BCUT2D eigenvalue weighted by atomic mass is 16.5. The highest BCUT2D eigenvalue weighted by Gasteiger charge is 2.12. The van der Waals surface area contributed by atoms with Gasteiger partial charge in [-0.15, -0.1) is 0 Å². The second kappa shape index (κ2) is 7.92. The molecule has 2 aromatic rings. The Morgan fingerprint density at radius 3 is 2.21 bits per heavy atom. The zero-order chi connectivity index (χ0) is 17.5. The van der Waals surface area contributed by atoms with Gasteiger partial charge in [0.1, 0.15) is 0 Å². The first-order valence-electron chi connectivity index (χ1n) is 7.42. The molecule has 0 saturated heterocycles. The fourth-order valence-corrected chi connectivity index (χ4v) is 2.03. The monoisotopic (exact) mass is 326 g/mol. The molecule has 6 heteroatoms. The molecule has 0 bridgehead atoms. The predicted molar refractivity (Wildman–Crippen MR) is 85.7 cm³/mol. The Kier molecular flexibility index (Phi) is 5.68. The zero-order valence-corrected chi connectivity index (χ0v) is 13.1. The van der Waals surface area contributed by atoms with E-state index in [4.69, 9.17) is 4.74 Å². The van der Waals surface area contributed by atoms with Gasteiger partial charge >= 0.3 is 5.97 Å². The Morgan fingerprint density at radius 1 is 1.00 bits per heavy atom. The van der Waals surface area contributed by atoms with Gasteiger partial charge in [-0.25, -0.2) is 4.79 Å². The molecule has 1 amide bonds. The van der Waals surface area contributed by atoms with Gasteiger partial charge < -0.3 is 20.0 Å². The topological polar surface area (TPSA) is 95.5 Å². The SMILES string of the molecule is CCCOC(=O)c1ccc(NC(=O)c2ccccc2C(=O)[O-])cc1. The highest BCUT2D eigenvalue weighted by Crippen LogP contribution is 2.14. The molecule has 24 heavy (non-hydrogen) atoms. The Labute approximate surface area is 139 Å². The van der Waals surface area contributed by atoms with Crippen molar-refractivity contribution < 1.29 is 24.2 Å². The molecular weight excluding hydrogens is 310 g/mol. The van der Waals surface area contributed by atoms with Crippen molar-refractivity contribution >= 4 is 23.5 Å². The van der Waals surface area contributed by atoms with Gasteiger partial charge in [0, 0.05) is 16.8 Å². The maximum absolute atomic E-state index is 12.2. The molecule has 0 unspecified atom stereocenters. The number of esters is 1. The summed E-state index contributed by atoms with van der Waals surface area (Å²) in [4.78, 5) is 34.9. The third kappa shape index (κ3) is 4.19. The third-order valence-electron chi connectivity index (χ3n) is 3.21. The fourth-order valence-electron chi connectivity index (χ4n) is 2.03. The van der Waals surface area contributed by atoms with Crippen LogP contribution in [0.1, 0.15) is 44.4 Å². The summed E-state index contributed by atoms with van der Waals surface area (Å²) in [5.41, 5.74) is 0.621. The number of carbonyl (C=O) groups is 3. The summed E-state index contributed by atoms with van der Waals surface area (Å²) >= 11 is 0. The first-order chi connectivity index (χ1) is 11.5. The standard InChI is InChI=1S/C18H17NO5/c1-2-11-24-18(23)12-7-9-13(10-8-12)19-16(20)14-5-3-4-6-15(14)17(21)22/h3-10H,2,11H2,1H3,(H,19,20)(H,21,22)/p-1. The van der Waals surface area contributed by atoms with Crippen molar-refractivity contribution in [2.24, 2.45) is 0 Å². The molecule has 0 aromatic heterocycles. The molecule has 0 spiro atoms. The lowest BCUT2D eigenvalue weighted by molar-refractivity contribution is -0.255. The number of carboxylic acids is 1.